The van der Waals surface area contributed by atoms with Gasteiger partial charge in [-0.3, -0.25) is 0 Å². The Hall–Kier alpha value is -2.57. The summed E-state index contributed by atoms with van der Waals surface area (Å²) in [6.07, 6.45) is 8.67. The van der Waals surface area contributed by atoms with Crippen molar-refractivity contribution in [2.75, 3.05) is 26.7 Å². The van der Waals surface area contributed by atoms with Gasteiger partial charge in [0.25, 0.3) is 0 Å². The first-order chi connectivity index (χ1) is 12.7. The van der Waals surface area contributed by atoms with E-state index in [1.54, 1.807) is 13.3 Å². The third-order valence-electron chi connectivity index (χ3n) is 4.90. The molecule has 1 aliphatic rings. The van der Waals surface area contributed by atoms with Crippen molar-refractivity contribution in [3.63, 3.8) is 0 Å². The highest BCUT2D eigenvalue weighted by atomic mass is 16.5. The summed E-state index contributed by atoms with van der Waals surface area (Å²) in [6.45, 7) is 7.72. The molecule has 3 rings (SSSR count). The van der Waals surface area contributed by atoms with E-state index in [4.69, 9.17) is 9.73 Å². The van der Waals surface area contributed by atoms with Gasteiger partial charge in [0.1, 0.15) is 0 Å². The van der Waals surface area contributed by atoms with E-state index >= 15 is 0 Å². The number of methoxy groups -OCH3 is 1. The number of guanidine groups is 1. The zero-order valence-corrected chi connectivity index (χ0v) is 15.8. The summed E-state index contributed by atoms with van der Waals surface area (Å²) in [5.74, 6) is 2.19. The quantitative estimate of drug-likeness (QED) is 0.658. The van der Waals surface area contributed by atoms with Crippen LogP contribution in [0.4, 0.5) is 0 Å². The summed E-state index contributed by atoms with van der Waals surface area (Å²) in [7, 11) is 1.64. The first-order valence-corrected chi connectivity index (χ1v) is 9.21. The minimum Gasteiger partial charge on any atom is -0.481 e. The molecule has 1 aliphatic heterocycles. The second-order valence-electron chi connectivity index (χ2n) is 6.63. The fraction of sp³-hybridized carbons (Fsp3) is 0.526. The Morgan fingerprint density at radius 3 is 3.04 bits per heavy atom. The fourth-order valence-electron chi connectivity index (χ4n) is 3.41. The third-order valence-corrected chi connectivity index (χ3v) is 4.90. The average molecular weight is 356 g/mol. The maximum absolute atomic E-state index is 5.34. The zero-order valence-electron chi connectivity index (χ0n) is 15.8. The van der Waals surface area contributed by atoms with Crippen LogP contribution in [0.3, 0.4) is 0 Å². The van der Waals surface area contributed by atoms with Crippen molar-refractivity contribution in [2.45, 2.75) is 32.9 Å². The lowest BCUT2D eigenvalue weighted by Gasteiger charge is -2.39. The van der Waals surface area contributed by atoms with Crippen LogP contribution < -0.4 is 10.1 Å². The molecule has 0 amide bonds. The van der Waals surface area contributed by atoms with Crippen LogP contribution in [0.5, 0.6) is 5.88 Å². The molecule has 7 nitrogen and oxygen atoms in total. The highest BCUT2D eigenvalue weighted by Gasteiger charge is 2.28. The Labute approximate surface area is 155 Å². The van der Waals surface area contributed by atoms with Gasteiger partial charge in [0.2, 0.25) is 5.88 Å². The van der Waals surface area contributed by atoms with E-state index in [0.717, 1.165) is 37.6 Å². The zero-order chi connectivity index (χ0) is 18.4. The standard InChI is InChI=1S/C19H28N6O/c1-4-21-19(23-12-16-6-5-8-22-18(16)26-3)24-10-7-15(2)17(13-24)25-11-9-20-14-25/h5-6,8-9,11,14-15,17H,4,7,10,12-13H2,1-3H3,(H,21,23). The van der Waals surface area contributed by atoms with Crippen LogP contribution in [0.15, 0.2) is 42.0 Å². The van der Waals surface area contributed by atoms with Gasteiger partial charge in [-0.1, -0.05) is 13.0 Å². The van der Waals surface area contributed by atoms with Gasteiger partial charge in [-0.05, 0) is 25.3 Å². The first kappa shape index (κ1) is 18.2. The van der Waals surface area contributed by atoms with Crippen LogP contribution in [0, 0.1) is 5.92 Å². The van der Waals surface area contributed by atoms with Crippen molar-refractivity contribution >= 4 is 5.96 Å². The second kappa shape index (κ2) is 8.69. The Morgan fingerprint density at radius 1 is 1.42 bits per heavy atom. The summed E-state index contributed by atoms with van der Waals surface area (Å²) in [5.41, 5.74) is 0.988. The van der Waals surface area contributed by atoms with E-state index in [1.807, 2.05) is 24.7 Å². The highest BCUT2D eigenvalue weighted by molar-refractivity contribution is 5.80. The molecular formula is C19H28N6O. The molecule has 0 aliphatic carbocycles. The number of aliphatic imine (C=N–C) groups is 1. The van der Waals surface area contributed by atoms with E-state index in [-0.39, 0.29) is 0 Å². The van der Waals surface area contributed by atoms with Gasteiger partial charge in [-0.2, -0.15) is 0 Å². The molecule has 0 spiro atoms. The van der Waals surface area contributed by atoms with Crippen molar-refractivity contribution in [3.05, 3.63) is 42.6 Å². The van der Waals surface area contributed by atoms with Crippen LogP contribution in [0.25, 0.3) is 0 Å². The highest BCUT2D eigenvalue weighted by Crippen LogP contribution is 2.27. The van der Waals surface area contributed by atoms with Crippen LogP contribution >= 0.6 is 0 Å². The lowest BCUT2D eigenvalue weighted by molar-refractivity contribution is 0.189. The molecule has 2 aromatic heterocycles. The van der Waals surface area contributed by atoms with Crippen LogP contribution in [-0.2, 0) is 6.54 Å². The van der Waals surface area contributed by atoms with Gasteiger partial charge in [0.05, 0.1) is 26.0 Å². The van der Waals surface area contributed by atoms with Crippen molar-refractivity contribution in [2.24, 2.45) is 10.9 Å². The number of rotatable bonds is 5. The van der Waals surface area contributed by atoms with Gasteiger partial charge in [-0.25, -0.2) is 15.0 Å². The van der Waals surface area contributed by atoms with Crippen molar-refractivity contribution in [1.29, 1.82) is 0 Å². The smallest absolute Gasteiger partial charge is 0.218 e. The number of hydrogen-bond donors (Lipinski definition) is 1. The molecule has 0 saturated carbocycles. The van der Waals surface area contributed by atoms with Gasteiger partial charge in [0, 0.05) is 43.8 Å². The Kier molecular flexibility index (Phi) is 6.09. The lowest BCUT2D eigenvalue weighted by Crippen LogP contribution is -2.49. The number of hydrogen-bond acceptors (Lipinski definition) is 4. The molecule has 26 heavy (non-hydrogen) atoms. The van der Waals surface area contributed by atoms with Gasteiger partial charge >= 0.3 is 0 Å². The van der Waals surface area contributed by atoms with Crippen molar-refractivity contribution < 1.29 is 4.74 Å². The van der Waals surface area contributed by atoms with Gasteiger partial charge < -0.3 is 19.5 Å². The molecule has 1 fully saturated rings. The SMILES string of the molecule is CCNC(=NCc1cccnc1OC)N1CCC(C)C(n2ccnc2)C1. The number of likely N-dealkylation sites (tertiary alicyclic amines) is 1. The minimum atomic E-state index is 0.406. The summed E-state index contributed by atoms with van der Waals surface area (Å²) in [5, 5.41) is 3.43. The van der Waals surface area contributed by atoms with Crippen LogP contribution in [0.2, 0.25) is 0 Å². The molecule has 3 heterocycles. The second-order valence-corrected chi connectivity index (χ2v) is 6.63. The summed E-state index contributed by atoms with van der Waals surface area (Å²) < 4.78 is 7.55. The molecule has 2 unspecified atom stereocenters. The molecule has 1 N–H and O–H groups in total. The fourth-order valence-corrected chi connectivity index (χ4v) is 3.41. The van der Waals surface area contributed by atoms with Crippen LogP contribution in [0.1, 0.15) is 31.9 Å². The van der Waals surface area contributed by atoms with E-state index in [2.05, 4.69) is 44.8 Å². The lowest BCUT2D eigenvalue weighted by atomic mass is 9.93. The predicted octanol–water partition coefficient (Wildman–Crippen LogP) is 2.34. The number of nitrogens with zero attached hydrogens (tertiary/aromatic N) is 5. The number of ether oxygens (including phenoxy) is 1. The molecule has 2 atom stereocenters. The number of nitrogens with one attached hydrogen (secondary N) is 1. The first-order valence-electron chi connectivity index (χ1n) is 9.21. The summed E-state index contributed by atoms with van der Waals surface area (Å²) in [6, 6.07) is 4.33. The molecule has 0 aromatic carbocycles. The number of pyridine rings is 1. The molecule has 140 valence electrons. The van der Waals surface area contributed by atoms with Crippen molar-refractivity contribution in [1.82, 2.24) is 24.8 Å². The molecule has 1 saturated heterocycles. The Balaban J connectivity index is 1.76. The molecular weight excluding hydrogens is 328 g/mol. The number of imidazole rings is 1. The largest absolute Gasteiger partial charge is 0.481 e. The monoisotopic (exact) mass is 356 g/mol. The third kappa shape index (κ3) is 4.15. The Bertz CT molecular complexity index is 715. The predicted molar refractivity (Wildman–Crippen MR) is 102 cm³/mol. The van der Waals surface area contributed by atoms with E-state index in [9.17, 15) is 0 Å². The van der Waals surface area contributed by atoms with Gasteiger partial charge in [0.15, 0.2) is 5.96 Å². The maximum atomic E-state index is 5.34. The van der Waals surface area contributed by atoms with E-state index < -0.39 is 0 Å². The maximum Gasteiger partial charge on any atom is 0.218 e. The van der Waals surface area contributed by atoms with E-state index in [0.29, 0.717) is 24.4 Å². The summed E-state index contributed by atoms with van der Waals surface area (Å²) >= 11 is 0. The number of piperidine rings is 1. The van der Waals surface area contributed by atoms with E-state index in [1.165, 1.54) is 0 Å². The Morgan fingerprint density at radius 2 is 2.31 bits per heavy atom. The normalized spacial score (nSPS) is 20.9. The molecule has 7 heteroatoms. The van der Waals surface area contributed by atoms with Crippen LogP contribution in [-0.4, -0.2) is 52.1 Å². The van der Waals surface area contributed by atoms with Gasteiger partial charge in [-0.15, -0.1) is 0 Å². The van der Waals surface area contributed by atoms with Crippen molar-refractivity contribution in [3.8, 4) is 5.88 Å². The molecule has 0 bridgehead atoms. The summed E-state index contributed by atoms with van der Waals surface area (Å²) in [4.78, 5) is 15.7. The topological polar surface area (TPSA) is 67.6 Å². The average Bonchev–Trinajstić information content (AvgIpc) is 3.20. The molecule has 0 radical (unpaired) electrons. The number of aromatic nitrogens is 3. The molecule has 2 aromatic rings. The minimum absolute atomic E-state index is 0.406.